The zero-order valence-electron chi connectivity index (χ0n) is 17.4. The van der Waals surface area contributed by atoms with Gasteiger partial charge in [0, 0.05) is 19.2 Å². The van der Waals surface area contributed by atoms with Crippen molar-refractivity contribution in [3.63, 3.8) is 0 Å². The van der Waals surface area contributed by atoms with Crippen LogP contribution in [0.15, 0.2) is 30.6 Å². The lowest BCUT2D eigenvalue weighted by atomic mass is 9.89. The summed E-state index contributed by atoms with van der Waals surface area (Å²) in [6.45, 7) is 2.48. The fourth-order valence-electron chi connectivity index (χ4n) is 3.90. The lowest BCUT2D eigenvalue weighted by molar-refractivity contribution is 0.0935. The van der Waals surface area contributed by atoms with E-state index in [1.807, 2.05) is 0 Å². The molecule has 162 valence electrons. The van der Waals surface area contributed by atoms with E-state index in [4.69, 9.17) is 0 Å². The van der Waals surface area contributed by atoms with Crippen LogP contribution >= 0.6 is 0 Å². The molecule has 0 unspecified atom stereocenters. The van der Waals surface area contributed by atoms with E-state index in [2.05, 4.69) is 25.7 Å². The molecule has 1 aliphatic rings. The maximum Gasteiger partial charge on any atom is 0.270 e. The van der Waals surface area contributed by atoms with E-state index in [0.717, 1.165) is 18.4 Å². The Morgan fingerprint density at radius 1 is 1.13 bits per heavy atom. The molecule has 1 aromatic carbocycles. The first kappa shape index (κ1) is 20.9. The Morgan fingerprint density at radius 2 is 1.94 bits per heavy atom. The number of aromatic nitrogens is 4. The highest BCUT2D eigenvalue weighted by Crippen LogP contribution is 2.22. The molecule has 1 aliphatic carbocycles. The molecule has 9 heteroatoms. The number of fused-ring (bicyclic) bond motifs is 1. The van der Waals surface area contributed by atoms with Gasteiger partial charge in [0.05, 0.1) is 0 Å². The SMILES string of the molecule is Cc1cc(CNC(=O)c2cc(C(=O)NCC3CCCCC3)n3ncnc3n2)ccc1F. The molecule has 0 bridgehead atoms. The molecule has 2 N–H and O–H groups in total. The molecule has 0 aliphatic heterocycles. The smallest absolute Gasteiger partial charge is 0.270 e. The molecule has 0 spiro atoms. The third-order valence-electron chi connectivity index (χ3n) is 5.67. The molecule has 0 saturated heterocycles. The molecule has 2 amide bonds. The second-order valence-electron chi connectivity index (χ2n) is 7.98. The molecular formula is C22H25FN6O2. The van der Waals surface area contributed by atoms with E-state index in [9.17, 15) is 14.0 Å². The average Bonchev–Trinajstić information content (AvgIpc) is 3.27. The fourth-order valence-corrected chi connectivity index (χ4v) is 3.90. The normalized spacial score (nSPS) is 14.5. The summed E-state index contributed by atoms with van der Waals surface area (Å²) in [5.41, 5.74) is 1.55. The number of rotatable bonds is 6. The number of carbonyl (C=O) groups excluding carboxylic acids is 2. The molecule has 1 saturated carbocycles. The second-order valence-corrected chi connectivity index (χ2v) is 7.98. The van der Waals surface area contributed by atoms with Crippen molar-refractivity contribution in [3.05, 3.63) is 58.9 Å². The maximum atomic E-state index is 13.4. The van der Waals surface area contributed by atoms with E-state index in [-0.39, 0.29) is 35.4 Å². The predicted octanol–water partition coefficient (Wildman–Crippen LogP) is 2.81. The average molecular weight is 424 g/mol. The number of amides is 2. The first-order chi connectivity index (χ1) is 15.0. The largest absolute Gasteiger partial charge is 0.350 e. The summed E-state index contributed by atoms with van der Waals surface area (Å²) in [5, 5.41) is 9.78. The van der Waals surface area contributed by atoms with Crippen molar-refractivity contribution in [1.82, 2.24) is 30.2 Å². The molecular weight excluding hydrogens is 399 g/mol. The molecule has 0 radical (unpaired) electrons. The van der Waals surface area contributed by atoms with Crippen LogP contribution < -0.4 is 10.6 Å². The third kappa shape index (κ3) is 4.87. The molecule has 2 aromatic heterocycles. The van der Waals surface area contributed by atoms with Gasteiger partial charge >= 0.3 is 0 Å². The van der Waals surface area contributed by atoms with Gasteiger partial charge in [-0.25, -0.2) is 9.37 Å². The minimum Gasteiger partial charge on any atom is -0.350 e. The van der Waals surface area contributed by atoms with Crippen molar-refractivity contribution in [3.8, 4) is 0 Å². The lowest BCUT2D eigenvalue weighted by Gasteiger charge is -2.21. The number of nitrogens with one attached hydrogen (secondary N) is 2. The number of hydrogen-bond donors (Lipinski definition) is 2. The van der Waals surface area contributed by atoms with Crippen LogP contribution in [0.4, 0.5) is 4.39 Å². The van der Waals surface area contributed by atoms with E-state index in [1.165, 1.54) is 42.2 Å². The van der Waals surface area contributed by atoms with Gasteiger partial charge in [-0.2, -0.15) is 14.6 Å². The predicted molar refractivity (Wildman–Crippen MR) is 112 cm³/mol. The van der Waals surface area contributed by atoms with Crippen LogP contribution in [0.2, 0.25) is 0 Å². The van der Waals surface area contributed by atoms with Gasteiger partial charge in [0.2, 0.25) is 0 Å². The quantitative estimate of drug-likeness (QED) is 0.634. The van der Waals surface area contributed by atoms with Gasteiger partial charge < -0.3 is 10.6 Å². The number of hydrogen-bond acceptors (Lipinski definition) is 5. The zero-order chi connectivity index (χ0) is 21.8. The summed E-state index contributed by atoms with van der Waals surface area (Å²) >= 11 is 0. The van der Waals surface area contributed by atoms with Crippen LogP contribution in [-0.2, 0) is 6.54 Å². The number of nitrogens with zero attached hydrogens (tertiary/aromatic N) is 4. The second kappa shape index (κ2) is 9.20. The van der Waals surface area contributed by atoms with Gasteiger partial charge in [-0.3, -0.25) is 9.59 Å². The number of carbonyl (C=O) groups is 2. The van der Waals surface area contributed by atoms with Gasteiger partial charge in [-0.1, -0.05) is 31.4 Å². The van der Waals surface area contributed by atoms with Gasteiger partial charge in [-0.15, -0.1) is 0 Å². The first-order valence-corrected chi connectivity index (χ1v) is 10.5. The van der Waals surface area contributed by atoms with Crippen LogP contribution in [0.25, 0.3) is 5.78 Å². The standard InChI is InChI=1S/C22H25FN6O2/c1-14-9-16(7-8-17(14)23)12-24-20(30)18-10-19(29-22(28-18)26-13-27-29)21(31)25-11-15-5-3-2-4-6-15/h7-10,13,15H,2-6,11-12H2,1H3,(H,24,30)(H,25,31). The maximum absolute atomic E-state index is 13.4. The number of halogens is 1. The summed E-state index contributed by atoms with van der Waals surface area (Å²) in [6.07, 6.45) is 7.17. The minimum absolute atomic E-state index is 0.0714. The zero-order valence-corrected chi connectivity index (χ0v) is 17.4. The molecule has 1 fully saturated rings. The van der Waals surface area contributed by atoms with E-state index in [1.54, 1.807) is 19.1 Å². The summed E-state index contributed by atoms with van der Waals surface area (Å²) in [4.78, 5) is 33.7. The Balaban J connectivity index is 1.48. The summed E-state index contributed by atoms with van der Waals surface area (Å²) in [7, 11) is 0. The van der Waals surface area contributed by atoms with Gasteiger partial charge in [0.15, 0.2) is 0 Å². The third-order valence-corrected chi connectivity index (χ3v) is 5.67. The highest BCUT2D eigenvalue weighted by atomic mass is 19.1. The van der Waals surface area contributed by atoms with Crippen LogP contribution in [0.1, 0.15) is 64.2 Å². The Hall–Kier alpha value is -3.36. The van der Waals surface area contributed by atoms with Crippen LogP contribution in [0.5, 0.6) is 0 Å². The van der Waals surface area contributed by atoms with Crippen molar-refractivity contribution in [2.24, 2.45) is 5.92 Å². The number of benzene rings is 1. The molecule has 31 heavy (non-hydrogen) atoms. The minimum atomic E-state index is -0.450. The van der Waals surface area contributed by atoms with E-state index in [0.29, 0.717) is 18.0 Å². The van der Waals surface area contributed by atoms with Gasteiger partial charge in [0.25, 0.3) is 17.6 Å². The molecule has 4 rings (SSSR count). The van der Waals surface area contributed by atoms with Crippen molar-refractivity contribution < 1.29 is 14.0 Å². The van der Waals surface area contributed by atoms with Crippen LogP contribution in [0.3, 0.4) is 0 Å². The Kier molecular flexibility index (Phi) is 6.20. The van der Waals surface area contributed by atoms with Gasteiger partial charge in [0.1, 0.15) is 23.5 Å². The molecule has 0 atom stereocenters. The van der Waals surface area contributed by atoms with Crippen molar-refractivity contribution in [2.45, 2.75) is 45.6 Å². The number of aryl methyl sites for hydroxylation is 1. The Morgan fingerprint density at radius 3 is 2.71 bits per heavy atom. The lowest BCUT2D eigenvalue weighted by Crippen LogP contribution is -2.32. The molecule has 8 nitrogen and oxygen atoms in total. The van der Waals surface area contributed by atoms with Crippen LogP contribution in [0, 0.1) is 18.7 Å². The summed E-state index contributed by atoms with van der Waals surface area (Å²) in [6, 6.07) is 6.08. The molecule has 3 aromatic rings. The highest BCUT2D eigenvalue weighted by Gasteiger charge is 2.20. The Labute approximate surface area is 179 Å². The van der Waals surface area contributed by atoms with Crippen molar-refractivity contribution in [1.29, 1.82) is 0 Å². The summed E-state index contributed by atoms with van der Waals surface area (Å²) < 4.78 is 14.8. The topological polar surface area (TPSA) is 101 Å². The first-order valence-electron chi connectivity index (χ1n) is 10.5. The van der Waals surface area contributed by atoms with E-state index < -0.39 is 5.91 Å². The fraction of sp³-hybridized carbons (Fsp3) is 0.409. The Bertz CT molecular complexity index is 1110. The van der Waals surface area contributed by atoms with Gasteiger partial charge in [-0.05, 0) is 42.9 Å². The molecule has 2 heterocycles. The monoisotopic (exact) mass is 424 g/mol. The van der Waals surface area contributed by atoms with E-state index >= 15 is 0 Å². The van der Waals surface area contributed by atoms with Crippen molar-refractivity contribution >= 4 is 17.6 Å². The van der Waals surface area contributed by atoms with Crippen molar-refractivity contribution in [2.75, 3.05) is 6.54 Å². The van der Waals surface area contributed by atoms with Crippen LogP contribution in [-0.4, -0.2) is 37.9 Å². The highest BCUT2D eigenvalue weighted by molar-refractivity contribution is 5.98. The summed E-state index contributed by atoms with van der Waals surface area (Å²) in [5.74, 6) is -0.404.